The van der Waals surface area contributed by atoms with Crippen molar-refractivity contribution in [1.82, 2.24) is 10.2 Å². The van der Waals surface area contributed by atoms with Crippen LogP contribution in [-0.4, -0.2) is 40.5 Å². The van der Waals surface area contributed by atoms with E-state index in [9.17, 15) is 14.4 Å². The second-order valence-corrected chi connectivity index (χ2v) is 11.9. The Bertz CT molecular complexity index is 1210. The number of hydrogen-bond acceptors (Lipinski definition) is 4. The van der Waals surface area contributed by atoms with E-state index in [1.54, 1.807) is 31.7 Å². The minimum absolute atomic E-state index is 0.124. The molecule has 0 spiro atoms. The summed E-state index contributed by atoms with van der Waals surface area (Å²) in [5, 5.41) is 5.98. The van der Waals surface area contributed by atoms with Crippen LogP contribution in [0.1, 0.15) is 88.6 Å². The van der Waals surface area contributed by atoms with Crippen molar-refractivity contribution >= 4 is 29.7 Å². The highest BCUT2D eigenvalue weighted by atomic mass is 16.6. The van der Waals surface area contributed by atoms with Gasteiger partial charge in [0.15, 0.2) is 0 Å². The van der Waals surface area contributed by atoms with Crippen LogP contribution in [0.5, 0.6) is 0 Å². The fraction of sp³-hybridized carbons (Fsp3) is 0.485. The Kier molecular flexibility index (Phi) is 10.2. The molecule has 0 aliphatic heterocycles. The Morgan fingerprint density at radius 2 is 1.73 bits per heavy atom. The molecule has 3 rings (SSSR count). The molecule has 0 aromatic heterocycles. The van der Waals surface area contributed by atoms with Gasteiger partial charge in [-0.15, -0.1) is 0 Å². The molecule has 0 bridgehead atoms. The Morgan fingerprint density at radius 1 is 1.10 bits per heavy atom. The van der Waals surface area contributed by atoms with E-state index in [4.69, 9.17) is 4.74 Å². The molecule has 3 amide bonds. The molecule has 1 aliphatic rings. The molecule has 40 heavy (non-hydrogen) atoms. The molecule has 2 aromatic rings. The molecule has 0 radical (unpaired) electrons. The number of alkyl carbamates (subject to hydrolysis) is 1. The standard InChI is InChI=1S/C33H45N3O4/c1-9-21(3)28(35-32(39)40-33(6,7)8)31(38)36(26-18-13-19-26)29(25-17-12-16-24(10-2)20-25)30(37)34-27-22(4)14-11-15-23(27)5/h10-12,14-17,20-21,26,28-29H,2,9,13,18-19H2,1,3-8H3,(H,34,37)(H,35,39). The number of benzene rings is 2. The van der Waals surface area contributed by atoms with Crippen molar-refractivity contribution in [2.24, 2.45) is 5.92 Å². The van der Waals surface area contributed by atoms with Crippen LogP contribution in [0.15, 0.2) is 49.0 Å². The third-order valence-electron chi connectivity index (χ3n) is 7.59. The second-order valence-electron chi connectivity index (χ2n) is 11.9. The molecule has 7 nitrogen and oxygen atoms in total. The largest absolute Gasteiger partial charge is 0.444 e. The van der Waals surface area contributed by atoms with Crippen LogP contribution in [0, 0.1) is 19.8 Å². The number of nitrogens with one attached hydrogen (secondary N) is 2. The van der Waals surface area contributed by atoms with Crippen LogP contribution >= 0.6 is 0 Å². The van der Waals surface area contributed by atoms with E-state index in [2.05, 4.69) is 17.2 Å². The molecule has 1 saturated carbocycles. The first-order valence-corrected chi connectivity index (χ1v) is 14.3. The molecule has 1 fully saturated rings. The number of hydrogen-bond donors (Lipinski definition) is 2. The number of aryl methyl sites for hydroxylation is 2. The van der Waals surface area contributed by atoms with Gasteiger partial charge >= 0.3 is 6.09 Å². The minimum Gasteiger partial charge on any atom is -0.444 e. The smallest absolute Gasteiger partial charge is 0.408 e. The zero-order valence-corrected chi connectivity index (χ0v) is 25.0. The molecule has 3 unspecified atom stereocenters. The second kappa shape index (κ2) is 13.2. The molecular formula is C33H45N3O4. The molecule has 3 atom stereocenters. The molecule has 0 saturated heterocycles. The van der Waals surface area contributed by atoms with Gasteiger partial charge in [0.2, 0.25) is 5.91 Å². The topological polar surface area (TPSA) is 87.7 Å². The molecule has 0 heterocycles. The fourth-order valence-corrected chi connectivity index (χ4v) is 4.96. The lowest BCUT2D eigenvalue weighted by Crippen LogP contribution is -2.58. The summed E-state index contributed by atoms with van der Waals surface area (Å²) in [5.74, 6) is -0.751. The zero-order valence-electron chi connectivity index (χ0n) is 25.0. The van der Waals surface area contributed by atoms with Crippen molar-refractivity contribution in [2.45, 2.75) is 97.9 Å². The Balaban J connectivity index is 2.10. The summed E-state index contributed by atoms with van der Waals surface area (Å²) in [6, 6.07) is 11.6. The predicted molar refractivity (Wildman–Crippen MR) is 161 cm³/mol. The third kappa shape index (κ3) is 7.52. The van der Waals surface area contributed by atoms with Gasteiger partial charge in [-0.2, -0.15) is 0 Å². The summed E-state index contributed by atoms with van der Waals surface area (Å²) in [6.07, 6.45) is 4.30. The van der Waals surface area contributed by atoms with Gasteiger partial charge in [-0.1, -0.05) is 69.3 Å². The average Bonchev–Trinajstić information content (AvgIpc) is 2.86. The maximum atomic E-state index is 14.5. The average molecular weight is 548 g/mol. The van der Waals surface area contributed by atoms with E-state index >= 15 is 0 Å². The summed E-state index contributed by atoms with van der Waals surface area (Å²) in [7, 11) is 0. The predicted octanol–water partition coefficient (Wildman–Crippen LogP) is 6.95. The first-order valence-electron chi connectivity index (χ1n) is 14.3. The Morgan fingerprint density at radius 3 is 2.25 bits per heavy atom. The van der Waals surface area contributed by atoms with E-state index in [1.165, 1.54) is 0 Å². The van der Waals surface area contributed by atoms with Crippen LogP contribution in [0.3, 0.4) is 0 Å². The first-order chi connectivity index (χ1) is 18.9. The van der Waals surface area contributed by atoms with Crippen LogP contribution in [0.4, 0.5) is 10.5 Å². The number of para-hydroxylation sites is 1. The van der Waals surface area contributed by atoms with Crippen molar-refractivity contribution in [1.29, 1.82) is 0 Å². The summed E-state index contributed by atoms with van der Waals surface area (Å²) < 4.78 is 5.51. The van der Waals surface area contributed by atoms with Crippen molar-refractivity contribution in [2.75, 3.05) is 5.32 Å². The highest BCUT2D eigenvalue weighted by Gasteiger charge is 2.43. The van der Waals surface area contributed by atoms with Gasteiger partial charge in [0.1, 0.15) is 17.7 Å². The first kappa shape index (κ1) is 30.9. The van der Waals surface area contributed by atoms with E-state index in [1.807, 2.05) is 70.2 Å². The van der Waals surface area contributed by atoms with Crippen molar-refractivity contribution in [3.8, 4) is 0 Å². The summed E-state index contributed by atoms with van der Waals surface area (Å²) in [4.78, 5) is 43.3. The van der Waals surface area contributed by atoms with Crippen molar-refractivity contribution < 1.29 is 19.1 Å². The Labute approximate surface area is 239 Å². The van der Waals surface area contributed by atoms with E-state index in [-0.39, 0.29) is 23.8 Å². The van der Waals surface area contributed by atoms with Gasteiger partial charge in [-0.25, -0.2) is 4.79 Å². The van der Waals surface area contributed by atoms with Gasteiger partial charge in [-0.3, -0.25) is 9.59 Å². The normalized spacial score (nSPS) is 15.7. The van der Waals surface area contributed by atoms with Crippen LogP contribution in [-0.2, 0) is 14.3 Å². The highest BCUT2D eigenvalue weighted by Crippen LogP contribution is 2.36. The number of carbonyl (C=O) groups excluding carboxylic acids is 3. The van der Waals surface area contributed by atoms with Crippen LogP contribution in [0.2, 0.25) is 0 Å². The van der Waals surface area contributed by atoms with Crippen LogP contribution in [0.25, 0.3) is 6.08 Å². The van der Waals surface area contributed by atoms with Crippen LogP contribution < -0.4 is 10.6 Å². The van der Waals surface area contributed by atoms with Crippen molar-refractivity contribution in [3.05, 3.63) is 71.3 Å². The SMILES string of the molecule is C=Cc1cccc(C(C(=O)Nc2c(C)cccc2C)N(C(=O)C(NC(=O)OC(C)(C)C)C(C)CC)C2CCC2)c1. The zero-order chi connectivity index (χ0) is 29.6. The van der Waals surface area contributed by atoms with Gasteiger partial charge in [0.25, 0.3) is 5.91 Å². The maximum absolute atomic E-state index is 14.5. The Hall–Kier alpha value is -3.61. The summed E-state index contributed by atoms with van der Waals surface area (Å²) in [6.45, 7) is 17.1. The van der Waals surface area contributed by atoms with E-state index < -0.39 is 23.8 Å². The van der Waals surface area contributed by atoms with Gasteiger partial charge < -0.3 is 20.3 Å². The molecule has 2 aromatic carbocycles. The quantitative estimate of drug-likeness (QED) is 0.337. The lowest BCUT2D eigenvalue weighted by molar-refractivity contribution is -0.147. The van der Waals surface area contributed by atoms with Crippen molar-refractivity contribution in [3.63, 3.8) is 0 Å². The lowest BCUT2D eigenvalue weighted by atomic mass is 9.86. The highest BCUT2D eigenvalue weighted by molar-refractivity contribution is 6.00. The molecule has 2 N–H and O–H groups in total. The van der Waals surface area contributed by atoms with E-state index in [0.717, 1.165) is 41.6 Å². The number of amides is 3. The number of nitrogens with zero attached hydrogens (tertiary/aromatic N) is 1. The van der Waals surface area contributed by atoms with Gasteiger partial charge in [-0.05, 0) is 88.1 Å². The molecule has 216 valence electrons. The number of rotatable bonds is 10. The van der Waals surface area contributed by atoms with E-state index in [0.29, 0.717) is 12.0 Å². The van der Waals surface area contributed by atoms with Gasteiger partial charge in [0, 0.05) is 11.7 Å². The number of anilines is 1. The summed E-state index contributed by atoms with van der Waals surface area (Å²) in [5.41, 5.74) is 3.47. The lowest BCUT2D eigenvalue weighted by Gasteiger charge is -2.44. The maximum Gasteiger partial charge on any atom is 0.408 e. The molecule has 1 aliphatic carbocycles. The van der Waals surface area contributed by atoms with Gasteiger partial charge in [0.05, 0.1) is 0 Å². The monoisotopic (exact) mass is 547 g/mol. The third-order valence-corrected chi connectivity index (χ3v) is 7.59. The minimum atomic E-state index is -0.899. The number of carbonyl (C=O) groups is 3. The summed E-state index contributed by atoms with van der Waals surface area (Å²) >= 11 is 0. The molecule has 7 heteroatoms. The fourth-order valence-electron chi connectivity index (χ4n) is 4.96. The molecular weight excluding hydrogens is 502 g/mol. The number of ether oxygens (including phenoxy) is 1.